The number of allylic oxidation sites excluding steroid dienone is 5. The average Bonchev–Trinajstić information content (AvgIpc) is 2.84. The van der Waals surface area contributed by atoms with Crippen LogP contribution in [0.2, 0.25) is 0 Å². The topological polar surface area (TPSA) is 6.25 Å². The van der Waals surface area contributed by atoms with Crippen LogP contribution < -0.4 is 0 Å². The van der Waals surface area contributed by atoms with Crippen LogP contribution in [0.4, 0.5) is 0 Å². The molecule has 1 aliphatic carbocycles. The summed E-state index contributed by atoms with van der Waals surface area (Å²) in [6.45, 7) is 4.38. The first kappa shape index (κ1) is 12.4. The lowest BCUT2D eigenvalue weighted by Gasteiger charge is -2.21. The van der Waals surface area contributed by atoms with Crippen molar-refractivity contribution in [2.45, 2.75) is 19.9 Å². The predicted molar refractivity (Wildman–Crippen MR) is 85.8 cm³/mol. The number of benzene rings is 1. The minimum Gasteiger partial charge on any atom is -0.147 e. The van der Waals surface area contributed by atoms with E-state index in [-0.39, 0.29) is 0 Å². The Labute approximate surface area is 125 Å². The molecule has 2 aliphatic heterocycles. The van der Waals surface area contributed by atoms with Gasteiger partial charge in [0.2, 0.25) is 11.4 Å². The zero-order valence-electron chi connectivity index (χ0n) is 12.4. The summed E-state index contributed by atoms with van der Waals surface area (Å²) in [4.78, 5) is 0. The van der Waals surface area contributed by atoms with Crippen molar-refractivity contribution < 1.29 is 4.68 Å². The minimum absolute atomic E-state index is 0.379. The molecule has 104 valence electrons. The Morgan fingerprint density at radius 3 is 2.67 bits per heavy atom. The molecule has 4 rings (SSSR count). The summed E-state index contributed by atoms with van der Waals surface area (Å²) < 4.78 is 2.37. The van der Waals surface area contributed by atoms with Gasteiger partial charge in [0.1, 0.15) is 6.04 Å². The zero-order chi connectivity index (χ0) is 14.4. The minimum atomic E-state index is 0.379. The van der Waals surface area contributed by atoms with Crippen molar-refractivity contribution >= 4 is 5.71 Å². The van der Waals surface area contributed by atoms with Gasteiger partial charge in [0.05, 0.1) is 12.1 Å². The van der Waals surface area contributed by atoms with Gasteiger partial charge < -0.3 is 0 Å². The van der Waals surface area contributed by atoms with E-state index in [0.717, 1.165) is 0 Å². The van der Waals surface area contributed by atoms with Gasteiger partial charge in [0.15, 0.2) is 0 Å². The van der Waals surface area contributed by atoms with Crippen LogP contribution in [0.5, 0.6) is 0 Å². The van der Waals surface area contributed by atoms with E-state index >= 15 is 0 Å². The fraction of sp³-hybridized carbons (Fsp3) is 0.211. The summed E-state index contributed by atoms with van der Waals surface area (Å²) in [5.41, 5.74) is 5.33. The van der Waals surface area contributed by atoms with Crippen LogP contribution in [-0.2, 0) is 0 Å². The SMILES string of the molecule is CC1=CC=CN2C3C=CC=CC3C(c3ccccc3C)=[N+]12. The van der Waals surface area contributed by atoms with Gasteiger partial charge in [-0.3, -0.25) is 0 Å². The molecule has 0 saturated heterocycles. The predicted octanol–water partition coefficient (Wildman–Crippen LogP) is 3.57. The van der Waals surface area contributed by atoms with Crippen molar-refractivity contribution in [3.63, 3.8) is 0 Å². The van der Waals surface area contributed by atoms with Gasteiger partial charge in [0, 0.05) is 18.6 Å². The van der Waals surface area contributed by atoms with Gasteiger partial charge in [-0.2, -0.15) is 0 Å². The quantitative estimate of drug-likeness (QED) is 0.710. The first-order valence-electron chi connectivity index (χ1n) is 7.48. The molecular weight excluding hydrogens is 256 g/mol. The summed E-state index contributed by atoms with van der Waals surface area (Å²) in [6.07, 6.45) is 15.4. The second-order valence-corrected chi connectivity index (χ2v) is 5.83. The molecule has 2 nitrogen and oxygen atoms in total. The lowest BCUT2D eigenvalue weighted by molar-refractivity contribution is -0.631. The van der Waals surface area contributed by atoms with E-state index in [9.17, 15) is 0 Å². The molecule has 0 bridgehead atoms. The number of hydrazine groups is 1. The smallest absolute Gasteiger partial charge is 0.147 e. The molecule has 0 radical (unpaired) electrons. The molecule has 2 heterocycles. The summed E-state index contributed by atoms with van der Waals surface area (Å²) in [7, 11) is 0. The average molecular weight is 275 g/mol. The molecule has 0 amide bonds. The van der Waals surface area contributed by atoms with Crippen LogP contribution >= 0.6 is 0 Å². The molecule has 2 atom stereocenters. The lowest BCUT2D eigenvalue weighted by Crippen LogP contribution is -2.34. The Bertz CT molecular complexity index is 747. The summed E-state index contributed by atoms with van der Waals surface area (Å²) in [6, 6.07) is 9.06. The number of aryl methyl sites for hydroxylation is 1. The van der Waals surface area contributed by atoms with E-state index in [1.807, 2.05) is 0 Å². The summed E-state index contributed by atoms with van der Waals surface area (Å²) >= 11 is 0. The standard InChI is InChI=1S/C19H19N2/c1-14-8-3-4-10-16(14)19-17-11-5-6-12-18(17)20-13-7-9-15(2)21(19)20/h3-13,17-18H,1-2H3/q+1. The van der Waals surface area contributed by atoms with Crippen LogP contribution in [-0.4, -0.2) is 21.4 Å². The highest BCUT2D eigenvalue weighted by Gasteiger charge is 2.47. The van der Waals surface area contributed by atoms with Crippen LogP contribution in [0.15, 0.2) is 72.6 Å². The monoisotopic (exact) mass is 275 g/mol. The molecule has 3 aliphatic rings. The van der Waals surface area contributed by atoms with Gasteiger partial charge in [-0.25, -0.2) is 0 Å². The van der Waals surface area contributed by atoms with Gasteiger partial charge >= 0.3 is 0 Å². The maximum absolute atomic E-state index is 2.37. The van der Waals surface area contributed by atoms with E-state index in [2.05, 4.69) is 90.5 Å². The largest absolute Gasteiger partial charge is 0.229 e. The van der Waals surface area contributed by atoms with E-state index < -0.39 is 0 Å². The second kappa shape index (κ2) is 4.59. The van der Waals surface area contributed by atoms with E-state index in [0.29, 0.717) is 12.0 Å². The van der Waals surface area contributed by atoms with Crippen molar-refractivity contribution in [3.8, 4) is 0 Å². The lowest BCUT2D eigenvalue weighted by atomic mass is 9.87. The number of hydrogen-bond acceptors (Lipinski definition) is 1. The summed E-state index contributed by atoms with van der Waals surface area (Å²) in [5.74, 6) is 0.405. The third-order valence-corrected chi connectivity index (χ3v) is 4.52. The Balaban J connectivity index is 1.97. The van der Waals surface area contributed by atoms with Crippen LogP contribution in [0, 0.1) is 12.8 Å². The third kappa shape index (κ3) is 1.75. The number of fused-ring (bicyclic) bond motifs is 3. The van der Waals surface area contributed by atoms with E-state index in [1.54, 1.807) is 0 Å². The third-order valence-electron chi connectivity index (χ3n) is 4.52. The molecule has 0 saturated carbocycles. The molecule has 0 aromatic heterocycles. The maximum atomic E-state index is 2.37. The highest BCUT2D eigenvalue weighted by Crippen LogP contribution is 2.34. The fourth-order valence-corrected chi connectivity index (χ4v) is 3.53. The zero-order valence-corrected chi connectivity index (χ0v) is 12.4. The number of hydrazone groups is 1. The molecular formula is C19H19N2+. The Morgan fingerprint density at radius 1 is 1.00 bits per heavy atom. The number of rotatable bonds is 1. The Hall–Kier alpha value is -2.35. The highest BCUT2D eigenvalue weighted by atomic mass is 15.6. The van der Waals surface area contributed by atoms with Crippen molar-refractivity contribution in [2.75, 3.05) is 0 Å². The molecule has 1 aromatic carbocycles. The van der Waals surface area contributed by atoms with Crippen molar-refractivity contribution in [1.82, 2.24) is 5.01 Å². The van der Waals surface area contributed by atoms with Crippen LogP contribution in [0.25, 0.3) is 0 Å². The van der Waals surface area contributed by atoms with Crippen molar-refractivity contribution in [2.24, 2.45) is 5.92 Å². The molecule has 2 unspecified atom stereocenters. The molecule has 0 spiro atoms. The molecule has 2 heteroatoms. The fourth-order valence-electron chi connectivity index (χ4n) is 3.53. The Kier molecular flexibility index (Phi) is 2.71. The van der Waals surface area contributed by atoms with Gasteiger partial charge in [-0.15, -0.1) is 5.01 Å². The highest BCUT2D eigenvalue weighted by molar-refractivity contribution is 6.02. The number of nitrogens with zero attached hydrogens (tertiary/aromatic N) is 2. The Morgan fingerprint density at radius 2 is 1.81 bits per heavy atom. The molecule has 1 aromatic rings. The van der Waals surface area contributed by atoms with Crippen LogP contribution in [0.3, 0.4) is 0 Å². The first-order valence-corrected chi connectivity index (χ1v) is 7.48. The molecule has 21 heavy (non-hydrogen) atoms. The summed E-state index contributed by atoms with van der Waals surface area (Å²) in [5, 5.41) is 2.35. The van der Waals surface area contributed by atoms with E-state index in [4.69, 9.17) is 0 Å². The van der Waals surface area contributed by atoms with Crippen LogP contribution in [0.1, 0.15) is 18.1 Å². The molecule has 0 N–H and O–H groups in total. The van der Waals surface area contributed by atoms with Gasteiger partial charge in [-0.05, 0) is 24.6 Å². The molecule has 0 fully saturated rings. The second-order valence-electron chi connectivity index (χ2n) is 5.83. The first-order chi connectivity index (χ1) is 10.3. The maximum Gasteiger partial charge on any atom is 0.229 e. The van der Waals surface area contributed by atoms with Gasteiger partial charge in [0.25, 0.3) is 0 Å². The van der Waals surface area contributed by atoms with Crippen molar-refractivity contribution in [3.05, 3.63) is 83.7 Å². The van der Waals surface area contributed by atoms with Crippen molar-refractivity contribution in [1.29, 1.82) is 0 Å². The normalized spacial score (nSPS) is 26.0. The van der Waals surface area contributed by atoms with Gasteiger partial charge in [-0.1, -0.05) is 47.2 Å². The van der Waals surface area contributed by atoms with E-state index in [1.165, 1.54) is 22.5 Å². The number of hydrogen-bond donors (Lipinski definition) is 0.